The lowest BCUT2D eigenvalue weighted by molar-refractivity contribution is 0.306. The van der Waals surface area contributed by atoms with Crippen LogP contribution in [0.15, 0.2) is 12.3 Å². The third-order valence-corrected chi connectivity index (χ3v) is 2.61. The molecule has 4 nitrogen and oxygen atoms in total. The van der Waals surface area contributed by atoms with Gasteiger partial charge in [0.25, 0.3) is 0 Å². The molecule has 0 radical (unpaired) electrons. The van der Waals surface area contributed by atoms with Gasteiger partial charge in [-0.2, -0.15) is 0 Å². The van der Waals surface area contributed by atoms with E-state index < -0.39 is 0 Å². The minimum Gasteiger partial charge on any atom is -0.370 e. The summed E-state index contributed by atoms with van der Waals surface area (Å²) in [6, 6.07) is 1.91. The molecule has 0 bridgehead atoms. The molecule has 0 aliphatic rings. The zero-order valence-electron chi connectivity index (χ0n) is 10.5. The third-order valence-electron chi connectivity index (χ3n) is 2.61. The summed E-state index contributed by atoms with van der Waals surface area (Å²) in [6.45, 7) is 10.5. The summed E-state index contributed by atoms with van der Waals surface area (Å²) in [5.74, 6) is 1.84. The normalized spacial score (nSPS) is 10.8. The Labute approximate surface area is 98.1 Å². The standard InChI is InChI=1S/C12H22N4/c1-4-13-11-7-9-14-12(15-11)8-10-16(5-2)6-3/h7,9H,4-6,8,10H2,1-3H3,(H,13,14,15). The van der Waals surface area contributed by atoms with Gasteiger partial charge >= 0.3 is 0 Å². The Morgan fingerprint density at radius 2 is 2.00 bits per heavy atom. The molecular weight excluding hydrogens is 200 g/mol. The first-order valence-electron chi connectivity index (χ1n) is 6.08. The molecule has 90 valence electrons. The molecule has 1 aromatic rings. The Bertz CT molecular complexity index is 297. The van der Waals surface area contributed by atoms with E-state index in [9.17, 15) is 0 Å². The van der Waals surface area contributed by atoms with Crippen LogP contribution < -0.4 is 5.32 Å². The molecule has 0 fully saturated rings. The highest BCUT2D eigenvalue weighted by Gasteiger charge is 2.02. The third kappa shape index (κ3) is 4.14. The quantitative estimate of drug-likeness (QED) is 0.763. The molecule has 1 rings (SSSR count). The highest BCUT2D eigenvalue weighted by atomic mass is 15.1. The zero-order chi connectivity index (χ0) is 11.8. The number of nitrogens with one attached hydrogen (secondary N) is 1. The van der Waals surface area contributed by atoms with Crippen LogP contribution >= 0.6 is 0 Å². The van der Waals surface area contributed by atoms with Crippen LogP contribution in [-0.4, -0.2) is 41.0 Å². The van der Waals surface area contributed by atoms with Gasteiger partial charge in [0.1, 0.15) is 11.6 Å². The number of aromatic nitrogens is 2. The molecule has 1 heterocycles. The number of nitrogens with zero attached hydrogens (tertiary/aromatic N) is 3. The van der Waals surface area contributed by atoms with Crippen LogP contribution in [0.2, 0.25) is 0 Å². The molecule has 4 heteroatoms. The topological polar surface area (TPSA) is 41.1 Å². The van der Waals surface area contributed by atoms with Crippen LogP contribution in [-0.2, 0) is 6.42 Å². The van der Waals surface area contributed by atoms with E-state index in [2.05, 4.69) is 41.0 Å². The molecule has 0 unspecified atom stereocenters. The van der Waals surface area contributed by atoms with E-state index in [1.54, 1.807) is 0 Å². The highest BCUT2D eigenvalue weighted by molar-refractivity contribution is 5.32. The monoisotopic (exact) mass is 222 g/mol. The molecule has 0 amide bonds. The van der Waals surface area contributed by atoms with Crippen molar-refractivity contribution >= 4 is 5.82 Å². The predicted molar refractivity (Wildman–Crippen MR) is 67.7 cm³/mol. The first-order valence-corrected chi connectivity index (χ1v) is 6.08. The van der Waals surface area contributed by atoms with Gasteiger partial charge in [0, 0.05) is 25.7 Å². The second kappa shape index (κ2) is 7.17. The van der Waals surface area contributed by atoms with Crippen molar-refractivity contribution in [3.8, 4) is 0 Å². The van der Waals surface area contributed by atoms with Gasteiger partial charge in [-0.1, -0.05) is 13.8 Å². The van der Waals surface area contributed by atoms with Crippen LogP contribution in [0.25, 0.3) is 0 Å². The maximum atomic E-state index is 4.45. The van der Waals surface area contributed by atoms with Gasteiger partial charge in [-0.25, -0.2) is 9.97 Å². The van der Waals surface area contributed by atoms with Crippen LogP contribution in [0.1, 0.15) is 26.6 Å². The van der Waals surface area contributed by atoms with E-state index in [1.165, 1.54) is 0 Å². The largest absolute Gasteiger partial charge is 0.370 e. The van der Waals surface area contributed by atoms with Gasteiger partial charge in [-0.3, -0.25) is 0 Å². The Kier molecular flexibility index (Phi) is 5.78. The van der Waals surface area contributed by atoms with Gasteiger partial charge in [-0.15, -0.1) is 0 Å². The van der Waals surface area contributed by atoms with Crippen LogP contribution in [0, 0.1) is 0 Å². The summed E-state index contributed by atoms with van der Waals surface area (Å²) < 4.78 is 0. The molecule has 0 saturated heterocycles. The smallest absolute Gasteiger partial charge is 0.131 e. The van der Waals surface area contributed by atoms with Crippen molar-refractivity contribution < 1.29 is 0 Å². The Morgan fingerprint density at radius 1 is 1.25 bits per heavy atom. The lowest BCUT2D eigenvalue weighted by Gasteiger charge is -2.17. The Hall–Kier alpha value is -1.16. The summed E-state index contributed by atoms with van der Waals surface area (Å²) in [5.41, 5.74) is 0. The fraction of sp³-hybridized carbons (Fsp3) is 0.667. The Balaban J connectivity index is 2.49. The Morgan fingerprint density at radius 3 is 2.62 bits per heavy atom. The molecule has 1 aromatic heterocycles. The van der Waals surface area contributed by atoms with Crippen molar-refractivity contribution in [1.82, 2.24) is 14.9 Å². The molecule has 1 N–H and O–H groups in total. The molecular formula is C12H22N4. The number of rotatable bonds is 7. The number of hydrogen-bond donors (Lipinski definition) is 1. The maximum Gasteiger partial charge on any atom is 0.131 e. The average Bonchev–Trinajstić information content (AvgIpc) is 2.31. The van der Waals surface area contributed by atoms with Crippen molar-refractivity contribution in [1.29, 1.82) is 0 Å². The zero-order valence-corrected chi connectivity index (χ0v) is 10.5. The van der Waals surface area contributed by atoms with E-state index in [-0.39, 0.29) is 0 Å². The minimum atomic E-state index is 0.895. The van der Waals surface area contributed by atoms with Crippen molar-refractivity contribution in [2.24, 2.45) is 0 Å². The van der Waals surface area contributed by atoms with Gasteiger partial charge in [-0.05, 0) is 26.1 Å². The van der Waals surface area contributed by atoms with Gasteiger partial charge < -0.3 is 10.2 Å². The fourth-order valence-electron chi connectivity index (χ4n) is 1.60. The first kappa shape index (κ1) is 12.9. The number of hydrogen-bond acceptors (Lipinski definition) is 4. The van der Waals surface area contributed by atoms with Crippen LogP contribution in [0.3, 0.4) is 0 Å². The highest BCUT2D eigenvalue weighted by Crippen LogP contribution is 2.02. The molecule has 0 saturated carbocycles. The molecule has 16 heavy (non-hydrogen) atoms. The summed E-state index contributed by atoms with van der Waals surface area (Å²) in [5, 5.41) is 3.20. The number of likely N-dealkylation sites (N-methyl/N-ethyl adjacent to an activating group) is 1. The number of anilines is 1. The van der Waals surface area contributed by atoms with Gasteiger partial charge in [0.05, 0.1) is 0 Å². The predicted octanol–water partition coefficient (Wildman–Crippen LogP) is 1.79. The SMILES string of the molecule is CCNc1ccnc(CCN(CC)CC)n1. The van der Waals surface area contributed by atoms with Gasteiger partial charge in [0.2, 0.25) is 0 Å². The van der Waals surface area contributed by atoms with Crippen molar-refractivity contribution in [2.45, 2.75) is 27.2 Å². The molecule has 0 aliphatic heterocycles. The van der Waals surface area contributed by atoms with Crippen molar-refractivity contribution in [3.63, 3.8) is 0 Å². The molecule has 0 spiro atoms. The van der Waals surface area contributed by atoms with Crippen LogP contribution in [0.5, 0.6) is 0 Å². The summed E-state index contributed by atoms with van der Waals surface area (Å²) in [4.78, 5) is 11.1. The van der Waals surface area contributed by atoms with Gasteiger partial charge in [0.15, 0.2) is 0 Å². The molecule has 0 aliphatic carbocycles. The van der Waals surface area contributed by atoms with E-state index >= 15 is 0 Å². The maximum absolute atomic E-state index is 4.45. The van der Waals surface area contributed by atoms with E-state index in [0.717, 1.165) is 44.2 Å². The second-order valence-electron chi connectivity index (χ2n) is 3.67. The first-order chi connectivity index (χ1) is 7.80. The molecule has 0 atom stereocenters. The van der Waals surface area contributed by atoms with E-state index in [4.69, 9.17) is 0 Å². The fourth-order valence-corrected chi connectivity index (χ4v) is 1.60. The summed E-state index contributed by atoms with van der Waals surface area (Å²) >= 11 is 0. The summed E-state index contributed by atoms with van der Waals surface area (Å²) in [6.07, 6.45) is 2.74. The van der Waals surface area contributed by atoms with Crippen molar-refractivity contribution in [2.75, 3.05) is 31.5 Å². The second-order valence-corrected chi connectivity index (χ2v) is 3.67. The van der Waals surface area contributed by atoms with E-state index in [1.807, 2.05) is 12.3 Å². The van der Waals surface area contributed by atoms with Crippen molar-refractivity contribution in [3.05, 3.63) is 18.1 Å². The van der Waals surface area contributed by atoms with Crippen LogP contribution in [0.4, 0.5) is 5.82 Å². The van der Waals surface area contributed by atoms with E-state index in [0.29, 0.717) is 0 Å². The lowest BCUT2D eigenvalue weighted by atomic mass is 10.3. The average molecular weight is 222 g/mol. The minimum absolute atomic E-state index is 0.895. The molecule has 0 aromatic carbocycles. The lowest BCUT2D eigenvalue weighted by Crippen LogP contribution is -2.25. The summed E-state index contributed by atoms with van der Waals surface area (Å²) in [7, 11) is 0.